The van der Waals surface area contributed by atoms with Crippen molar-refractivity contribution in [3.8, 4) is 11.3 Å². The number of aromatic nitrogens is 2. The molecular formula is C17H25N3. The summed E-state index contributed by atoms with van der Waals surface area (Å²) in [6, 6.07) is 4.46. The van der Waals surface area contributed by atoms with Crippen LogP contribution in [0, 0.1) is 26.7 Å². The summed E-state index contributed by atoms with van der Waals surface area (Å²) in [7, 11) is 0. The van der Waals surface area contributed by atoms with Crippen LogP contribution in [0.3, 0.4) is 0 Å². The summed E-state index contributed by atoms with van der Waals surface area (Å²) in [5, 5.41) is 10.9. The Morgan fingerprint density at radius 3 is 2.40 bits per heavy atom. The van der Waals surface area contributed by atoms with Crippen LogP contribution in [0.4, 0.5) is 0 Å². The summed E-state index contributed by atoms with van der Waals surface area (Å²) >= 11 is 0. The first-order valence-corrected chi connectivity index (χ1v) is 7.30. The smallest absolute Gasteiger partial charge is 0.0700 e. The number of rotatable bonds is 5. The predicted octanol–water partition coefficient (Wildman–Crippen LogP) is 3.75. The van der Waals surface area contributed by atoms with Gasteiger partial charge in [-0.1, -0.05) is 31.5 Å². The molecule has 0 aliphatic heterocycles. The summed E-state index contributed by atoms with van der Waals surface area (Å²) in [6.07, 6.45) is 1.93. The highest BCUT2D eigenvalue weighted by Gasteiger charge is 2.13. The van der Waals surface area contributed by atoms with Gasteiger partial charge in [0.2, 0.25) is 0 Å². The van der Waals surface area contributed by atoms with Crippen LogP contribution in [-0.4, -0.2) is 16.7 Å². The van der Waals surface area contributed by atoms with E-state index in [0.717, 1.165) is 18.8 Å². The molecule has 0 amide bonds. The van der Waals surface area contributed by atoms with E-state index >= 15 is 0 Å². The summed E-state index contributed by atoms with van der Waals surface area (Å²) in [5.41, 5.74) is 7.59. The standard InChI is InChI=1S/C17H25N3/c1-11(2)8-18-9-15-10-19-20-17(15)16-13(4)6-12(3)7-14(16)5/h6-7,10-11,18H,8-9H2,1-5H3,(H,19,20). The number of hydrogen-bond donors (Lipinski definition) is 2. The van der Waals surface area contributed by atoms with Crippen LogP contribution in [0.5, 0.6) is 0 Å². The summed E-state index contributed by atoms with van der Waals surface area (Å²) in [6.45, 7) is 12.8. The third-order valence-electron chi connectivity index (χ3n) is 3.51. The number of nitrogens with one attached hydrogen (secondary N) is 2. The Bertz CT molecular complexity index is 559. The van der Waals surface area contributed by atoms with Gasteiger partial charge in [0.05, 0.1) is 11.9 Å². The van der Waals surface area contributed by atoms with Crippen LogP contribution >= 0.6 is 0 Å². The van der Waals surface area contributed by atoms with E-state index in [1.54, 1.807) is 0 Å². The molecule has 1 heterocycles. The quantitative estimate of drug-likeness (QED) is 0.869. The highest BCUT2D eigenvalue weighted by Crippen LogP contribution is 2.29. The monoisotopic (exact) mass is 271 g/mol. The molecule has 0 aliphatic carbocycles. The lowest BCUT2D eigenvalue weighted by molar-refractivity contribution is 0.553. The second kappa shape index (κ2) is 6.23. The van der Waals surface area contributed by atoms with Crippen LogP contribution in [0.2, 0.25) is 0 Å². The first-order valence-electron chi connectivity index (χ1n) is 7.30. The highest BCUT2D eigenvalue weighted by atomic mass is 15.1. The lowest BCUT2D eigenvalue weighted by Crippen LogP contribution is -2.19. The molecule has 20 heavy (non-hydrogen) atoms. The molecule has 2 N–H and O–H groups in total. The lowest BCUT2D eigenvalue weighted by Gasteiger charge is -2.12. The number of H-pyrrole nitrogens is 1. The fourth-order valence-corrected chi connectivity index (χ4v) is 2.73. The molecule has 0 fully saturated rings. The number of nitrogens with zero attached hydrogens (tertiary/aromatic N) is 1. The molecule has 108 valence electrons. The van der Waals surface area contributed by atoms with Crippen molar-refractivity contribution in [2.75, 3.05) is 6.54 Å². The Kier molecular flexibility index (Phi) is 4.61. The molecule has 1 aromatic heterocycles. The molecule has 1 aromatic carbocycles. The maximum Gasteiger partial charge on any atom is 0.0700 e. The van der Waals surface area contributed by atoms with Crippen LogP contribution < -0.4 is 5.32 Å². The third-order valence-corrected chi connectivity index (χ3v) is 3.51. The SMILES string of the molecule is Cc1cc(C)c(-c2[nH]ncc2CNCC(C)C)c(C)c1. The van der Waals surface area contributed by atoms with Gasteiger partial charge < -0.3 is 5.32 Å². The molecule has 0 unspecified atom stereocenters. The Morgan fingerprint density at radius 1 is 1.15 bits per heavy atom. The van der Waals surface area contributed by atoms with Crippen molar-refractivity contribution in [2.45, 2.75) is 41.2 Å². The van der Waals surface area contributed by atoms with Crippen molar-refractivity contribution in [1.29, 1.82) is 0 Å². The van der Waals surface area contributed by atoms with Crippen LogP contribution in [0.15, 0.2) is 18.3 Å². The van der Waals surface area contributed by atoms with Gasteiger partial charge in [-0.15, -0.1) is 0 Å². The second-order valence-electron chi connectivity index (χ2n) is 6.07. The summed E-state index contributed by atoms with van der Waals surface area (Å²) in [5.74, 6) is 0.660. The van der Waals surface area contributed by atoms with Gasteiger partial charge in [-0.3, -0.25) is 5.10 Å². The van der Waals surface area contributed by atoms with Crippen molar-refractivity contribution in [1.82, 2.24) is 15.5 Å². The minimum Gasteiger partial charge on any atom is -0.312 e. The zero-order valence-corrected chi connectivity index (χ0v) is 13.2. The average molecular weight is 271 g/mol. The first kappa shape index (κ1) is 14.8. The molecule has 3 nitrogen and oxygen atoms in total. The van der Waals surface area contributed by atoms with E-state index in [2.05, 4.69) is 62.3 Å². The number of hydrogen-bond acceptors (Lipinski definition) is 2. The van der Waals surface area contributed by atoms with Gasteiger partial charge in [-0.05, 0) is 44.4 Å². The van der Waals surface area contributed by atoms with Crippen LogP contribution in [-0.2, 0) is 6.54 Å². The molecule has 3 heteroatoms. The fraction of sp³-hybridized carbons (Fsp3) is 0.471. The average Bonchev–Trinajstić information content (AvgIpc) is 2.75. The fourth-order valence-electron chi connectivity index (χ4n) is 2.73. The van der Waals surface area contributed by atoms with Gasteiger partial charge in [0.15, 0.2) is 0 Å². The van der Waals surface area contributed by atoms with E-state index < -0.39 is 0 Å². The van der Waals surface area contributed by atoms with Crippen molar-refractivity contribution in [3.05, 3.63) is 40.6 Å². The molecule has 0 saturated carbocycles. The van der Waals surface area contributed by atoms with Gasteiger partial charge in [-0.25, -0.2) is 0 Å². The Hall–Kier alpha value is -1.61. The molecule has 0 atom stereocenters. The van der Waals surface area contributed by atoms with Crippen molar-refractivity contribution < 1.29 is 0 Å². The van der Waals surface area contributed by atoms with Gasteiger partial charge in [-0.2, -0.15) is 5.10 Å². The van der Waals surface area contributed by atoms with Crippen molar-refractivity contribution in [3.63, 3.8) is 0 Å². The number of aryl methyl sites for hydroxylation is 3. The highest BCUT2D eigenvalue weighted by molar-refractivity contribution is 5.70. The minimum absolute atomic E-state index is 0.660. The van der Waals surface area contributed by atoms with Crippen molar-refractivity contribution >= 4 is 0 Å². The molecule has 0 aliphatic rings. The molecule has 2 rings (SSSR count). The van der Waals surface area contributed by atoms with E-state index in [1.165, 1.54) is 27.8 Å². The first-order chi connectivity index (χ1) is 9.49. The number of benzene rings is 1. The largest absolute Gasteiger partial charge is 0.312 e. The topological polar surface area (TPSA) is 40.7 Å². The lowest BCUT2D eigenvalue weighted by atomic mass is 9.95. The van der Waals surface area contributed by atoms with Gasteiger partial charge in [0.1, 0.15) is 0 Å². The summed E-state index contributed by atoms with van der Waals surface area (Å²) < 4.78 is 0. The van der Waals surface area contributed by atoms with E-state index in [1.807, 2.05) is 6.20 Å². The Morgan fingerprint density at radius 2 is 1.80 bits per heavy atom. The zero-order chi connectivity index (χ0) is 14.7. The predicted molar refractivity (Wildman–Crippen MR) is 84.8 cm³/mol. The van der Waals surface area contributed by atoms with E-state index in [9.17, 15) is 0 Å². The molecule has 0 bridgehead atoms. The molecule has 0 spiro atoms. The molecule has 0 saturated heterocycles. The normalized spacial score (nSPS) is 11.3. The maximum atomic E-state index is 4.24. The summed E-state index contributed by atoms with van der Waals surface area (Å²) in [4.78, 5) is 0. The van der Waals surface area contributed by atoms with Crippen molar-refractivity contribution in [2.24, 2.45) is 5.92 Å². The maximum absolute atomic E-state index is 4.24. The van der Waals surface area contributed by atoms with E-state index in [4.69, 9.17) is 0 Å². The van der Waals surface area contributed by atoms with Gasteiger partial charge in [0, 0.05) is 17.7 Å². The van der Waals surface area contributed by atoms with Crippen LogP contribution in [0.1, 0.15) is 36.1 Å². The van der Waals surface area contributed by atoms with E-state index in [0.29, 0.717) is 5.92 Å². The molecule has 0 radical (unpaired) electrons. The minimum atomic E-state index is 0.660. The Labute approximate surface area is 121 Å². The molecular weight excluding hydrogens is 246 g/mol. The van der Waals surface area contributed by atoms with Gasteiger partial charge >= 0.3 is 0 Å². The Balaban J connectivity index is 2.28. The zero-order valence-electron chi connectivity index (χ0n) is 13.2. The number of aromatic amines is 1. The third kappa shape index (κ3) is 3.28. The molecule has 2 aromatic rings. The van der Waals surface area contributed by atoms with E-state index in [-0.39, 0.29) is 0 Å². The second-order valence-corrected chi connectivity index (χ2v) is 6.07. The van der Waals surface area contributed by atoms with Gasteiger partial charge in [0.25, 0.3) is 0 Å². The van der Waals surface area contributed by atoms with Crippen LogP contribution in [0.25, 0.3) is 11.3 Å².